The minimum absolute atomic E-state index is 0.0926. The zero-order chi connectivity index (χ0) is 18.4. The average molecular weight is 386 g/mol. The monoisotopic (exact) mass is 386 g/mol. The number of carbonyl (C=O) groups is 2. The van der Waals surface area contributed by atoms with Gasteiger partial charge < -0.3 is 9.73 Å². The molecule has 1 aliphatic rings. The molecule has 134 valence electrons. The number of thioether (sulfide) groups is 1. The van der Waals surface area contributed by atoms with E-state index in [4.69, 9.17) is 16.6 Å². The quantitative estimate of drug-likeness (QED) is 0.585. The van der Waals surface area contributed by atoms with Crippen LogP contribution >= 0.6 is 24.0 Å². The normalized spacial score (nSPS) is 15.7. The van der Waals surface area contributed by atoms with Crippen LogP contribution < -0.4 is 5.32 Å². The predicted molar refractivity (Wildman–Crippen MR) is 106 cm³/mol. The molecule has 7 heteroatoms. The van der Waals surface area contributed by atoms with E-state index in [1.807, 2.05) is 30.3 Å². The summed E-state index contributed by atoms with van der Waals surface area (Å²) in [6.07, 6.45) is 4.21. The van der Waals surface area contributed by atoms with Crippen LogP contribution in [-0.4, -0.2) is 34.1 Å². The van der Waals surface area contributed by atoms with Crippen molar-refractivity contribution >= 4 is 46.2 Å². The highest BCUT2D eigenvalue weighted by Gasteiger charge is 2.32. The Labute approximate surface area is 161 Å². The lowest BCUT2D eigenvalue weighted by Gasteiger charge is -2.14. The molecule has 0 radical (unpaired) electrons. The topological polar surface area (TPSA) is 62.6 Å². The maximum absolute atomic E-state index is 12.4. The number of nitrogens with one attached hydrogen (secondary N) is 1. The Hall–Kier alpha value is -2.38. The Bertz CT molecular complexity index is 817. The molecule has 0 unspecified atom stereocenters. The molecular weight excluding hydrogens is 368 g/mol. The van der Waals surface area contributed by atoms with Gasteiger partial charge in [-0.05, 0) is 24.1 Å². The highest BCUT2D eigenvalue weighted by molar-refractivity contribution is 8.26. The van der Waals surface area contributed by atoms with Gasteiger partial charge in [-0.2, -0.15) is 0 Å². The summed E-state index contributed by atoms with van der Waals surface area (Å²) in [5.74, 6) is 0.322. The third kappa shape index (κ3) is 4.83. The molecule has 0 atom stereocenters. The van der Waals surface area contributed by atoms with Crippen LogP contribution in [0.1, 0.15) is 17.7 Å². The minimum atomic E-state index is -0.187. The fraction of sp³-hybridized carbons (Fsp3) is 0.211. The van der Waals surface area contributed by atoms with Crippen LogP contribution in [0.4, 0.5) is 0 Å². The second-order valence-corrected chi connectivity index (χ2v) is 7.36. The van der Waals surface area contributed by atoms with Crippen molar-refractivity contribution in [1.29, 1.82) is 0 Å². The Morgan fingerprint density at radius 1 is 1.23 bits per heavy atom. The van der Waals surface area contributed by atoms with E-state index in [0.717, 1.165) is 6.42 Å². The number of thiocarbonyl (C=S) groups is 1. The molecule has 0 spiro atoms. The van der Waals surface area contributed by atoms with E-state index in [0.29, 0.717) is 21.5 Å². The van der Waals surface area contributed by atoms with Gasteiger partial charge in [0.25, 0.3) is 5.91 Å². The van der Waals surface area contributed by atoms with Gasteiger partial charge in [0.1, 0.15) is 10.1 Å². The molecule has 1 aliphatic heterocycles. The third-order valence-corrected chi connectivity index (χ3v) is 5.21. The Balaban J connectivity index is 1.46. The fourth-order valence-corrected chi connectivity index (χ4v) is 3.78. The molecule has 1 fully saturated rings. The molecule has 2 amide bonds. The van der Waals surface area contributed by atoms with Gasteiger partial charge in [-0.3, -0.25) is 14.5 Å². The van der Waals surface area contributed by atoms with Gasteiger partial charge >= 0.3 is 0 Å². The predicted octanol–water partition coefficient (Wildman–Crippen LogP) is 3.23. The lowest BCUT2D eigenvalue weighted by molar-refractivity contribution is -0.123. The van der Waals surface area contributed by atoms with E-state index >= 15 is 0 Å². The molecule has 0 bridgehead atoms. The molecular formula is C19H18N2O3S2. The SMILES string of the molecule is O=C(CCN1C(=O)C(=Cc2ccco2)SC1=S)NCCc1ccccc1. The average Bonchev–Trinajstić information content (AvgIpc) is 3.23. The molecule has 3 rings (SSSR count). The van der Waals surface area contributed by atoms with Crippen molar-refractivity contribution in [3.8, 4) is 0 Å². The Morgan fingerprint density at radius 3 is 2.77 bits per heavy atom. The number of furan rings is 1. The van der Waals surface area contributed by atoms with Crippen LogP contribution in [-0.2, 0) is 16.0 Å². The number of benzene rings is 1. The third-order valence-electron chi connectivity index (χ3n) is 3.83. The van der Waals surface area contributed by atoms with Crippen molar-refractivity contribution in [3.63, 3.8) is 0 Å². The summed E-state index contributed by atoms with van der Waals surface area (Å²) in [7, 11) is 0. The molecule has 1 aromatic carbocycles. The summed E-state index contributed by atoms with van der Waals surface area (Å²) in [6.45, 7) is 0.844. The van der Waals surface area contributed by atoms with E-state index in [1.54, 1.807) is 24.5 Å². The minimum Gasteiger partial charge on any atom is -0.465 e. The zero-order valence-corrected chi connectivity index (χ0v) is 15.6. The van der Waals surface area contributed by atoms with E-state index in [2.05, 4.69) is 5.32 Å². The first-order chi connectivity index (χ1) is 12.6. The molecule has 0 saturated carbocycles. The summed E-state index contributed by atoms with van der Waals surface area (Å²) in [5, 5.41) is 2.88. The van der Waals surface area contributed by atoms with Crippen molar-refractivity contribution < 1.29 is 14.0 Å². The molecule has 1 N–H and O–H groups in total. The lowest BCUT2D eigenvalue weighted by Crippen LogP contribution is -2.34. The van der Waals surface area contributed by atoms with Crippen LogP contribution in [0.15, 0.2) is 58.1 Å². The number of carbonyl (C=O) groups excluding carboxylic acids is 2. The van der Waals surface area contributed by atoms with E-state index in [-0.39, 0.29) is 24.8 Å². The van der Waals surface area contributed by atoms with Crippen LogP contribution in [0.5, 0.6) is 0 Å². The maximum atomic E-state index is 12.4. The highest BCUT2D eigenvalue weighted by Crippen LogP contribution is 2.32. The molecule has 1 aromatic heterocycles. The summed E-state index contributed by atoms with van der Waals surface area (Å²) in [6, 6.07) is 13.5. The summed E-state index contributed by atoms with van der Waals surface area (Å²) < 4.78 is 5.69. The van der Waals surface area contributed by atoms with Crippen molar-refractivity contribution in [2.75, 3.05) is 13.1 Å². The van der Waals surface area contributed by atoms with Gasteiger partial charge in [-0.15, -0.1) is 0 Å². The van der Waals surface area contributed by atoms with Crippen LogP contribution in [0.25, 0.3) is 6.08 Å². The van der Waals surface area contributed by atoms with Gasteiger partial charge in [0.2, 0.25) is 5.91 Å². The Kier molecular flexibility index (Phi) is 6.25. The first kappa shape index (κ1) is 18.4. The molecule has 1 saturated heterocycles. The van der Waals surface area contributed by atoms with E-state index in [1.165, 1.54) is 22.2 Å². The number of amides is 2. The second kappa shape index (κ2) is 8.82. The molecule has 0 aliphatic carbocycles. The standard InChI is InChI=1S/C19H18N2O3S2/c22-17(20-10-8-14-5-2-1-3-6-14)9-11-21-18(23)16(26-19(21)25)13-15-7-4-12-24-15/h1-7,12-13H,8-11H2,(H,20,22). The molecule has 2 aromatic rings. The molecule has 5 nitrogen and oxygen atoms in total. The maximum Gasteiger partial charge on any atom is 0.266 e. The van der Waals surface area contributed by atoms with Gasteiger partial charge in [0.05, 0.1) is 11.2 Å². The molecule has 2 heterocycles. The van der Waals surface area contributed by atoms with Crippen LogP contribution in [0, 0.1) is 0 Å². The first-order valence-corrected chi connectivity index (χ1v) is 9.45. The van der Waals surface area contributed by atoms with Gasteiger partial charge in [-0.25, -0.2) is 0 Å². The van der Waals surface area contributed by atoms with Crippen LogP contribution in [0.3, 0.4) is 0 Å². The van der Waals surface area contributed by atoms with E-state index in [9.17, 15) is 9.59 Å². The number of hydrogen-bond donors (Lipinski definition) is 1. The number of hydrogen-bond acceptors (Lipinski definition) is 5. The van der Waals surface area contributed by atoms with Crippen molar-refractivity contribution in [2.45, 2.75) is 12.8 Å². The number of nitrogens with zero attached hydrogens (tertiary/aromatic N) is 1. The Morgan fingerprint density at radius 2 is 2.04 bits per heavy atom. The highest BCUT2D eigenvalue weighted by atomic mass is 32.2. The van der Waals surface area contributed by atoms with E-state index < -0.39 is 0 Å². The summed E-state index contributed by atoms with van der Waals surface area (Å²) >= 11 is 6.48. The van der Waals surface area contributed by atoms with Gasteiger partial charge in [0, 0.05) is 25.6 Å². The zero-order valence-electron chi connectivity index (χ0n) is 14.0. The largest absolute Gasteiger partial charge is 0.465 e. The smallest absolute Gasteiger partial charge is 0.266 e. The van der Waals surface area contributed by atoms with Gasteiger partial charge in [0.15, 0.2) is 0 Å². The van der Waals surface area contributed by atoms with Crippen molar-refractivity contribution in [2.24, 2.45) is 0 Å². The molecule has 26 heavy (non-hydrogen) atoms. The summed E-state index contributed by atoms with van der Waals surface area (Å²) in [5.41, 5.74) is 1.17. The summed E-state index contributed by atoms with van der Waals surface area (Å²) in [4.78, 5) is 26.4. The second-order valence-electron chi connectivity index (χ2n) is 5.68. The van der Waals surface area contributed by atoms with Crippen molar-refractivity contribution in [3.05, 3.63) is 65.0 Å². The van der Waals surface area contributed by atoms with Crippen LogP contribution in [0.2, 0.25) is 0 Å². The lowest BCUT2D eigenvalue weighted by atomic mass is 10.1. The fourth-order valence-electron chi connectivity index (χ4n) is 2.49. The van der Waals surface area contributed by atoms with Gasteiger partial charge in [-0.1, -0.05) is 54.3 Å². The number of rotatable bonds is 7. The first-order valence-electron chi connectivity index (χ1n) is 8.23. The van der Waals surface area contributed by atoms with Crippen molar-refractivity contribution in [1.82, 2.24) is 10.2 Å².